The van der Waals surface area contributed by atoms with E-state index in [2.05, 4.69) is 0 Å². The lowest BCUT2D eigenvalue weighted by Crippen LogP contribution is -2.29. The van der Waals surface area contributed by atoms with Crippen LogP contribution < -0.4 is 19.5 Å². The molecule has 1 unspecified atom stereocenters. The zero-order valence-electron chi connectivity index (χ0n) is 22.0. The number of benzene rings is 3. The van der Waals surface area contributed by atoms with Gasteiger partial charge in [0.2, 0.25) is 10.0 Å². The third-order valence-corrected chi connectivity index (χ3v) is 7.45. The molecule has 0 radical (unpaired) electrons. The Morgan fingerprint density at radius 1 is 1.03 bits per heavy atom. The molecule has 9 nitrogen and oxygen atoms in total. The van der Waals surface area contributed by atoms with Crippen molar-refractivity contribution in [1.82, 2.24) is 0 Å². The lowest BCUT2D eigenvalue weighted by molar-refractivity contribution is -0.132. The van der Waals surface area contributed by atoms with E-state index in [1.807, 2.05) is 20.8 Å². The molecule has 204 valence electrons. The van der Waals surface area contributed by atoms with E-state index >= 15 is 0 Å². The largest absolute Gasteiger partial charge is 0.507 e. The molecule has 0 saturated carbocycles. The molecule has 1 saturated heterocycles. The highest BCUT2D eigenvalue weighted by atomic mass is 32.2. The lowest BCUT2D eigenvalue weighted by Gasteiger charge is -2.26. The van der Waals surface area contributed by atoms with Gasteiger partial charge in [0.15, 0.2) is 0 Å². The molecule has 4 rings (SSSR count). The van der Waals surface area contributed by atoms with Crippen LogP contribution in [0.3, 0.4) is 0 Å². The molecule has 0 spiro atoms. The Morgan fingerprint density at radius 3 is 2.21 bits per heavy atom. The first kappa shape index (κ1) is 27.9. The number of hydrogen-bond donors (Lipinski definition) is 2. The number of nitrogens with zero attached hydrogens (tertiary/aromatic N) is 1. The van der Waals surface area contributed by atoms with Crippen molar-refractivity contribution < 1.29 is 32.6 Å². The summed E-state index contributed by atoms with van der Waals surface area (Å²) >= 11 is 0. The molecule has 1 fully saturated rings. The van der Waals surface area contributed by atoms with Gasteiger partial charge in [-0.15, -0.1) is 0 Å². The van der Waals surface area contributed by atoms with Crippen LogP contribution >= 0.6 is 0 Å². The van der Waals surface area contributed by atoms with Crippen LogP contribution in [0.25, 0.3) is 5.76 Å². The van der Waals surface area contributed by atoms with Gasteiger partial charge in [-0.05, 0) is 78.6 Å². The molecule has 1 aliphatic heterocycles. The Balaban J connectivity index is 1.92. The number of sulfonamides is 1. The van der Waals surface area contributed by atoms with Crippen molar-refractivity contribution in [2.75, 3.05) is 18.6 Å². The number of ether oxygens (including phenoxy) is 2. The Bertz CT molecular complexity index is 1540. The number of ketones is 1. The second-order valence-electron chi connectivity index (χ2n) is 9.32. The molecule has 0 bridgehead atoms. The zero-order chi connectivity index (χ0) is 28.5. The van der Waals surface area contributed by atoms with Gasteiger partial charge in [0.25, 0.3) is 11.7 Å². The van der Waals surface area contributed by atoms with Crippen molar-refractivity contribution in [3.8, 4) is 11.5 Å². The Kier molecular flexibility index (Phi) is 7.80. The van der Waals surface area contributed by atoms with Crippen LogP contribution in [-0.4, -0.2) is 38.9 Å². The van der Waals surface area contributed by atoms with Gasteiger partial charge in [0, 0.05) is 11.3 Å². The SMILES string of the molecule is CCOc1ccc(/C(O)=C2/C(=O)C(=O)N(c3ccc(S(N)(=O)=O)cc3)C2c2ccc(OC)cc2)cc1C(C)C. The topological polar surface area (TPSA) is 136 Å². The molecule has 3 N–H and O–H groups in total. The van der Waals surface area contributed by atoms with Gasteiger partial charge in [-0.2, -0.15) is 0 Å². The number of nitrogens with two attached hydrogens (primary N) is 1. The zero-order valence-corrected chi connectivity index (χ0v) is 22.9. The van der Waals surface area contributed by atoms with Crippen LogP contribution in [0.2, 0.25) is 0 Å². The van der Waals surface area contributed by atoms with E-state index in [9.17, 15) is 23.1 Å². The molecule has 1 aliphatic rings. The summed E-state index contributed by atoms with van der Waals surface area (Å²) in [6.07, 6.45) is 0. The maximum Gasteiger partial charge on any atom is 0.300 e. The molecule has 3 aromatic carbocycles. The van der Waals surface area contributed by atoms with E-state index in [0.29, 0.717) is 29.2 Å². The molecule has 1 heterocycles. The molecule has 3 aromatic rings. The summed E-state index contributed by atoms with van der Waals surface area (Å²) in [7, 11) is -2.44. The Labute approximate surface area is 227 Å². The number of carbonyl (C=O) groups excluding carboxylic acids is 2. The second-order valence-corrected chi connectivity index (χ2v) is 10.9. The molecular formula is C29H30N2O7S. The maximum absolute atomic E-state index is 13.5. The van der Waals surface area contributed by atoms with Gasteiger partial charge in [-0.3, -0.25) is 14.5 Å². The molecule has 0 aliphatic carbocycles. The highest BCUT2D eigenvalue weighted by Crippen LogP contribution is 2.43. The van der Waals surface area contributed by atoms with Crippen molar-refractivity contribution >= 4 is 33.2 Å². The minimum atomic E-state index is -3.96. The smallest absolute Gasteiger partial charge is 0.300 e. The first-order valence-corrected chi connectivity index (χ1v) is 13.9. The van der Waals surface area contributed by atoms with E-state index in [1.165, 1.54) is 36.3 Å². The fourth-order valence-corrected chi connectivity index (χ4v) is 5.10. The van der Waals surface area contributed by atoms with Gasteiger partial charge < -0.3 is 14.6 Å². The van der Waals surface area contributed by atoms with E-state index in [1.54, 1.807) is 42.5 Å². The van der Waals surface area contributed by atoms with Crippen molar-refractivity contribution in [2.24, 2.45) is 5.14 Å². The first-order valence-electron chi connectivity index (χ1n) is 12.3. The summed E-state index contributed by atoms with van der Waals surface area (Å²) in [5.74, 6) is -0.758. The van der Waals surface area contributed by atoms with E-state index < -0.39 is 27.8 Å². The average molecular weight is 551 g/mol. The number of aliphatic hydroxyl groups is 1. The summed E-state index contributed by atoms with van der Waals surface area (Å²) in [6.45, 7) is 6.33. The number of carbonyl (C=O) groups is 2. The predicted molar refractivity (Wildman–Crippen MR) is 147 cm³/mol. The van der Waals surface area contributed by atoms with Crippen molar-refractivity contribution in [3.63, 3.8) is 0 Å². The van der Waals surface area contributed by atoms with Crippen molar-refractivity contribution in [3.05, 3.63) is 89.0 Å². The molecule has 1 atom stereocenters. The van der Waals surface area contributed by atoms with Crippen LogP contribution in [-0.2, 0) is 19.6 Å². The van der Waals surface area contributed by atoms with Crippen LogP contribution in [0.4, 0.5) is 5.69 Å². The van der Waals surface area contributed by atoms with Crippen LogP contribution in [0.1, 0.15) is 49.4 Å². The monoisotopic (exact) mass is 550 g/mol. The van der Waals surface area contributed by atoms with Crippen LogP contribution in [0.5, 0.6) is 11.5 Å². The minimum absolute atomic E-state index is 0.0661. The lowest BCUT2D eigenvalue weighted by atomic mass is 9.93. The number of primary sulfonamides is 1. The van der Waals surface area contributed by atoms with E-state index in [4.69, 9.17) is 14.6 Å². The highest BCUT2D eigenvalue weighted by molar-refractivity contribution is 7.89. The Hall–Kier alpha value is -4.15. The normalized spacial score (nSPS) is 17.1. The number of amides is 1. The van der Waals surface area contributed by atoms with Crippen molar-refractivity contribution in [1.29, 1.82) is 0 Å². The fourth-order valence-electron chi connectivity index (χ4n) is 4.59. The maximum atomic E-state index is 13.5. The quantitative estimate of drug-likeness (QED) is 0.240. The number of rotatable bonds is 8. The molecule has 0 aromatic heterocycles. The summed E-state index contributed by atoms with van der Waals surface area (Å²) < 4.78 is 34.5. The van der Waals surface area contributed by atoms with Gasteiger partial charge in [0.05, 0.1) is 30.2 Å². The molecule has 39 heavy (non-hydrogen) atoms. The van der Waals surface area contributed by atoms with Gasteiger partial charge in [0.1, 0.15) is 17.3 Å². The summed E-state index contributed by atoms with van der Waals surface area (Å²) in [5, 5.41) is 16.7. The number of Topliss-reactive ketones (excluding diaryl/α,β-unsaturated/α-hetero) is 1. The van der Waals surface area contributed by atoms with Crippen LogP contribution in [0, 0.1) is 0 Å². The van der Waals surface area contributed by atoms with Gasteiger partial charge in [-0.25, -0.2) is 13.6 Å². The van der Waals surface area contributed by atoms with E-state index in [-0.39, 0.29) is 27.8 Å². The third kappa shape index (κ3) is 5.39. The molecule has 10 heteroatoms. The summed E-state index contributed by atoms with van der Waals surface area (Å²) in [4.78, 5) is 27.9. The fraction of sp³-hybridized carbons (Fsp3) is 0.241. The molecular weight excluding hydrogens is 520 g/mol. The second kappa shape index (κ2) is 10.9. The van der Waals surface area contributed by atoms with Crippen LogP contribution in [0.15, 0.2) is 77.2 Å². The summed E-state index contributed by atoms with van der Waals surface area (Å²) in [5.41, 5.74) is 1.92. The molecule has 1 amide bonds. The summed E-state index contributed by atoms with van der Waals surface area (Å²) in [6, 6.07) is 16.2. The minimum Gasteiger partial charge on any atom is -0.507 e. The number of hydrogen-bond acceptors (Lipinski definition) is 7. The number of methoxy groups -OCH3 is 1. The average Bonchev–Trinajstić information content (AvgIpc) is 3.18. The number of anilines is 1. The number of aliphatic hydroxyl groups excluding tert-OH is 1. The predicted octanol–water partition coefficient (Wildman–Crippen LogP) is 4.49. The first-order chi connectivity index (χ1) is 18.5. The van der Waals surface area contributed by atoms with E-state index in [0.717, 1.165) is 5.56 Å². The van der Waals surface area contributed by atoms with Gasteiger partial charge >= 0.3 is 0 Å². The highest BCUT2D eigenvalue weighted by Gasteiger charge is 2.47. The van der Waals surface area contributed by atoms with Gasteiger partial charge in [-0.1, -0.05) is 26.0 Å². The third-order valence-electron chi connectivity index (χ3n) is 6.52. The Morgan fingerprint density at radius 2 is 1.67 bits per heavy atom. The van der Waals surface area contributed by atoms with Crippen molar-refractivity contribution in [2.45, 2.75) is 37.6 Å². The standard InChI is InChI=1S/C29H30N2O7S/c1-5-38-24-15-8-19(16-23(24)17(2)3)27(32)25-26(18-6-11-21(37-4)12-7-18)31(29(34)28(25)33)20-9-13-22(14-10-20)39(30,35)36/h6-17,26,32H,5H2,1-4H3,(H2,30,35,36)/b27-25-.